The van der Waals surface area contributed by atoms with Gasteiger partial charge in [-0.25, -0.2) is 4.79 Å². The van der Waals surface area contributed by atoms with Gasteiger partial charge in [-0.2, -0.15) is 5.10 Å². The normalized spacial score (nSPS) is 17.0. The Balaban J connectivity index is 1.67. The molecule has 27 heavy (non-hydrogen) atoms. The fraction of sp³-hybridized carbons (Fsp3) is 0.450. The zero-order valence-corrected chi connectivity index (χ0v) is 16.1. The third-order valence-corrected chi connectivity index (χ3v) is 4.90. The number of nitrogens with one attached hydrogen (secondary N) is 3. The molecule has 0 aliphatic carbocycles. The number of piperidine rings is 1. The van der Waals surface area contributed by atoms with Gasteiger partial charge in [0.25, 0.3) is 0 Å². The molecule has 0 bridgehead atoms. The quantitative estimate of drug-likeness (QED) is 0.763. The molecule has 144 valence electrons. The Bertz CT molecular complexity index is 814. The lowest BCUT2D eigenvalue weighted by atomic mass is 9.94. The number of H-pyrrole nitrogens is 1. The molecule has 2 heterocycles. The van der Waals surface area contributed by atoms with E-state index in [-0.39, 0.29) is 17.9 Å². The van der Waals surface area contributed by atoms with E-state index in [1.54, 1.807) is 6.20 Å². The summed E-state index contributed by atoms with van der Waals surface area (Å²) in [5.74, 6) is 0.401. The zero-order valence-electron chi connectivity index (χ0n) is 16.1. The van der Waals surface area contributed by atoms with Gasteiger partial charge in [-0.3, -0.25) is 9.89 Å². The van der Waals surface area contributed by atoms with Crippen molar-refractivity contribution in [1.29, 1.82) is 0 Å². The van der Waals surface area contributed by atoms with Gasteiger partial charge in [0, 0.05) is 31.6 Å². The molecule has 1 aliphatic heterocycles. The van der Waals surface area contributed by atoms with E-state index in [0.717, 1.165) is 30.8 Å². The SMILES string of the molecule is CC(=O)Nc1cn[nH]c1[C@H]1CCCN(C(=O)Nc2cccc(C(C)C)c2)C1. The summed E-state index contributed by atoms with van der Waals surface area (Å²) >= 11 is 0. The molecule has 0 unspecified atom stereocenters. The topological polar surface area (TPSA) is 90.1 Å². The van der Waals surface area contributed by atoms with Crippen molar-refractivity contribution in [3.05, 3.63) is 41.7 Å². The predicted octanol–water partition coefficient (Wildman–Crippen LogP) is 3.90. The first kappa shape index (κ1) is 18.9. The summed E-state index contributed by atoms with van der Waals surface area (Å²) < 4.78 is 0. The van der Waals surface area contributed by atoms with Crippen LogP contribution in [0.15, 0.2) is 30.5 Å². The summed E-state index contributed by atoms with van der Waals surface area (Å²) in [5.41, 5.74) is 3.58. The van der Waals surface area contributed by atoms with Crippen LogP contribution >= 0.6 is 0 Å². The maximum atomic E-state index is 12.7. The molecule has 1 saturated heterocycles. The number of anilines is 2. The first-order chi connectivity index (χ1) is 12.9. The summed E-state index contributed by atoms with van der Waals surface area (Å²) in [6.07, 6.45) is 3.47. The van der Waals surface area contributed by atoms with Gasteiger partial charge in [0.05, 0.1) is 17.6 Å². The summed E-state index contributed by atoms with van der Waals surface area (Å²) in [6.45, 7) is 7.05. The van der Waals surface area contributed by atoms with Crippen molar-refractivity contribution in [3.63, 3.8) is 0 Å². The predicted molar refractivity (Wildman–Crippen MR) is 106 cm³/mol. The van der Waals surface area contributed by atoms with Crippen LogP contribution in [-0.4, -0.2) is 40.1 Å². The second kappa shape index (κ2) is 8.24. The van der Waals surface area contributed by atoms with E-state index in [1.807, 2.05) is 23.1 Å². The molecule has 3 N–H and O–H groups in total. The number of likely N-dealkylation sites (tertiary alicyclic amines) is 1. The van der Waals surface area contributed by atoms with Gasteiger partial charge >= 0.3 is 6.03 Å². The summed E-state index contributed by atoms with van der Waals surface area (Å²) in [7, 11) is 0. The first-order valence-corrected chi connectivity index (χ1v) is 9.40. The standard InChI is InChI=1S/C20H27N5O2/c1-13(2)15-6-4-8-17(10-15)23-20(27)25-9-5-7-16(12-25)19-18(11-21-24-19)22-14(3)26/h4,6,8,10-11,13,16H,5,7,9,12H2,1-3H3,(H,21,24)(H,22,26)(H,23,27)/t16-/m0/s1. The number of aromatic amines is 1. The van der Waals surface area contributed by atoms with Gasteiger partial charge in [-0.1, -0.05) is 26.0 Å². The number of rotatable bonds is 4. The Morgan fingerprint density at radius 3 is 2.85 bits per heavy atom. The second-order valence-electron chi connectivity index (χ2n) is 7.37. The minimum atomic E-state index is -0.131. The summed E-state index contributed by atoms with van der Waals surface area (Å²) in [6, 6.07) is 7.87. The number of urea groups is 1. The van der Waals surface area contributed by atoms with E-state index >= 15 is 0 Å². The van der Waals surface area contributed by atoms with Crippen molar-refractivity contribution in [2.75, 3.05) is 23.7 Å². The average molecular weight is 369 g/mol. The van der Waals surface area contributed by atoms with Crippen molar-refractivity contribution < 1.29 is 9.59 Å². The monoisotopic (exact) mass is 369 g/mol. The van der Waals surface area contributed by atoms with Gasteiger partial charge in [0.1, 0.15) is 0 Å². The number of amides is 3. The van der Waals surface area contributed by atoms with Crippen LogP contribution in [0.2, 0.25) is 0 Å². The van der Waals surface area contributed by atoms with E-state index in [2.05, 4.69) is 40.7 Å². The molecule has 1 aliphatic rings. The maximum Gasteiger partial charge on any atom is 0.321 e. The number of benzene rings is 1. The van der Waals surface area contributed by atoms with Crippen LogP contribution in [0.25, 0.3) is 0 Å². The van der Waals surface area contributed by atoms with Gasteiger partial charge < -0.3 is 15.5 Å². The minimum Gasteiger partial charge on any atom is -0.324 e. The molecule has 1 fully saturated rings. The highest BCUT2D eigenvalue weighted by Crippen LogP contribution is 2.30. The van der Waals surface area contributed by atoms with Crippen LogP contribution in [0.1, 0.15) is 56.7 Å². The second-order valence-corrected chi connectivity index (χ2v) is 7.37. The van der Waals surface area contributed by atoms with E-state index in [9.17, 15) is 9.59 Å². The molecule has 0 saturated carbocycles. The summed E-state index contributed by atoms with van der Waals surface area (Å²) in [4.78, 5) is 25.9. The average Bonchev–Trinajstić information content (AvgIpc) is 3.09. The smallest absolute Gasteiger partial charge is 0.321 e. The van der Waals surface area contributed by atoms with E-state index < -0.39 is 0 Å². The van der Waals surface area contributed by atoms with Gasteiger partial charge in [0.2, 0.25) is 5.91 Å². The lowest BCUT2D eigenvalue weighted by Crippen LogP contribution is -2.41. The summed E-state index contributed by atoms with van der Waals surface area (Å²) in [5, 5.41) is 12.9. The fourth-order valence-electron chi connectivity index (χ4n) is 3.47. The highest BCUT2D eigenvalue weighted by atomic mass is 16.2. The Morgan fingerprint density at radius 2 is 2.11 bits per heavy atom. The van der Waals surface area contributed by atoms with Crippen molar-refractivity contribution in [2.45, 2.75) is 45.4 Å². The first-order valence-electron chi connectivity index (χ1n) is 9.40. The van der Waals surface area contributed by atoms with E-state index in [0.29, 0.717) is 18.2 Å². The van der Waals surface area contributed by atoms with Gasteiger partial charge in [0.15, 0.2) is 0 Å². The van der Waals surface area contributed by atoms with Crippen molar-refractivity contribution >= 4 is 23.3 Å². The van der Waals surface area contributed by atoms with Gasteiger partial charge in [-0.15, -0.1) is 0 Å². The number of hydrogen-bond donors (Lipinski definition) is 3. The van der Waals surface area contributed by atoms with Crippen LogP contribution in [0.5, 0.6) is 0 Å². The molecule has 0 radical (unpaired) electrons. The highest BCUT2D eigenvalue weighted by molar-refractivity contribution is 5.90. The van der Waals surface area contributed by atoms with E-state index in [4.69, 9.17) is 0 Å². The molecule has 3 rings (SSSR count). The van der Waals surface area contributed by atoms with E-state index in [1.165, 1.54) is 12.5 Å². The number of hydrogen-bond acceptors (Lipinski definition) is 3. The minimum absolute atomic E-state index is 0.0961. The molecule has 1 aromatic heterocycles. The Hall–Kier alpha value is -2.83. The number of nitrogens with zero attached hydrogens (tertiary/aromatic N) is 2. The molecule has 0 spiro atoms. The Morgan fingerprint density at radius 1 is 1.30 bits per heavy atom. The third kappa shape index (κ3) is 4.67. The van der Waals surface area contributed by atoms with Crippen molar-refractivity contribution in [3.8, 4) is 0 Å². The van der Waals surface area contributed by atoms with Gasteiger partial charge in [-0.05, 0) is 36.5 Å². The van der Waals surface area contributed by atoms with Crippen LogP contribution in [0, 0.1) is 0 Å². The third-order valence-electron chi connectivity index (χ3n) is 4.90. The Labute approximate surface area is 159 Å². The maximum absolute atomic E-state index is 12.7. The molecular formula is C20H27N5O2. The number of carbonyl (C=O) groups is 2. The van der Waals surface area contributed by atoms with Crippen LogP contribution in [0.4, 0.5) is 16.2 Å². The largest absolute Gasteiger partial charge is 0.324 e. The number of aromatic nitrogens is 2. The zero-order chi connectivity index (χ0) is 19.4. The van der Waals surface area contributed by atoms with Crippen molar-refractivity contribution in [2.24, 2.45) is 0 Å². The van der Waals surface area contributed by atoms with Crippen LogP contribution in [0.3, 0.4) is 0 Å². The fourth-order valence-corrected chi connectivity index (χ4v) is 3.47. The van der Waals surface area contributed by atoms with Crippen LogP contribution < -0.4 is 10.6 Å². The lowest BCUT2D eigenvalue weighted by molar-refractivity contribution is -0.114. The lowest BCUT2D eigenvalue weighted by Gasteiger charge is -2.32. The molecular weight excluding hydrogens is 342 g/mol. The molecule has 7 nitrogen and oxygen atoms in total. The van der Waals surface area contributed by atoms with Crippen LogP contribution in [-0.2, 0) is 4.79 Å². The Kier molecular flexibility index (Phi) is 5.78. The number of carbonyl (C=O) groups excluding carboxylic acids is 2. The van der Waals surface area contributed by atoms with Crippen molar-refractivity contribution in [1.82, 2.24) is 15.1 Å². The molecule has 1 aromatic carbocycles. The molecule has 1 atom stereocenters. The molecule has 3 amide bonds. The molecule has 2 aromatic rings. The highest BCUT2D eigenvalue weighted by Gasteiger charge is 2.27. The molecule has 7 heteroatoms.